The highest BCUT2D eigenvalue weighted by atomic mass is 16.6. The Balaban J connectivity index is 1.47. The van der Waals surface area contributed by atoms with Gasteiger partial charge in [-0.05, 0) is 36.0 Å². The fourth-order valence-electron chi connectivity index (χ4n) is 3.40. The number of ether oxygens (including phenoxy) is 2. The van der Waals surface area contributed by atoms with Crippen LogP contribution in [0.4, 0.5) is 4.79 Å². The number of hydrazine groups is 1. The van der Waals surface area contributed by atoms with Gasteiger partial charge < -0.3 is 14.4 Å². The maximum atomic E-state index is 12.1. The molecule has 1 aliphatic heterocycles. The summed E-state index contributed by atoms with van der Waals surface area (Å²) in [6, 6.07) is 17.5. The summed E-state index contributed by atoms with van der Waals surface area (Å²) in [5.74, 6) is 0.994. The molecule has 1 N–H and O–H groups in total. The molecule has 1 aliphatic rings. The average Bonchev–Trinajstić information content (AvgIpc) is 2.77. The average molecular weight is 412 g/mol. The summed E-state index contributed by atoms with van der Waals surface area (Å²) in [5, 5.41) is 1.89. The summed E-state index contributed by atoms with van der Waals surface area (Å²) in [6.45, 7) is 1.71. The molecule has 1 fully saturated rings. The highest BCUT2D eigenvalue weighted by Crippen LogP contribution is 2.33. The van der Waals surface area contributed by atoms with Gasteiger partial charge in [-0.2, -0.15) is 0 Å². The zero-order valence-corrected chi connectivity index (χ0v) is 17.5. The van der Waals surface area contributed by atoms with E-state index in [0.717, 1.165) is 42.8 Å². The van der Waals surface area contributed by atoms with E-state index in [0.29, 0.717) is 5.92 Å². The van der Waals surface area contributed by atoms with Crippen molar-refractivity contribution in [3.05, 3.63) is 65.7 Å². The molecule has 0 bridgehead atoms. The Hall–Kier alpha value is -3.06. The predicted molar refractivity (Wildman–Crippen MR) is 114 cm³/mol. The van der Waals surface area contributed by atoms with Gasteiger partial charge in [0.15, 0.2) is 6.61 Å². The fourth-order valence-corrected chi connectivity index (χ4v) is 3.40. The molecule has 160 valence electrons. The molecule has 0 spiro atoms. The minimum Gasteiger partial charge on any atom is -0.483 e. The lowest BCUT2D eigenvalue weighted by Gasteiger charge is -2.32. The lowest BCUT2D eigenvalue weighted by Crippen LogP contribution is -2.46. The van der Waals surface area contributed by atoms with Gasteiger partial charge >= 0.3 is 6.09 Å². The molecule has 2 aromatic carbocycles. The van der Waals surface area contributed by atoms with Gasteiger partial charge in [-0.15, -0.1) is 0 Å². The number of hydrogen-bond acceptors (Lipinski definition) is 5. The standard InChI is InChI=1S/C23H29N3O4/c1-25(2)22(27)17-29-21-11-7-6-10-20(21)19-12-14-26(15-13-19)24-23(28)30-16-18-8-4-3-5-9-18/h3-11,19H,12-17H2,1-2H3,(H,24,28). The molecule has 7 nitrogen and oxygen atoms in total. The van der Waals surface area contributed by atoms with Gasteiger partial charge in [0.25, 0.3) is 5.91 Å². The van der Waals surface area contributed by atoms with Gasteiger partial charge in [0.2, 0.25) is 0 Å². The predicted octanol–water partition coefficient (Wildman–Crippen LogP) is 3.17. The Morgan fingerprint density at radius 3 is 2.40 bits per heavy atom. The van der Waals surface area contributed by atoms with Gasteiger partial charge in [-0.1, -0.05) is 48.5 Å². The molecule has 2 aromatic rings. The van der Waals surface area contributed by atoms with Gasteiger partial charge in [0.05, 0.1) is 0 Å². The highest BCUT2D eigenvalue weighted by Gasteiger charge is 2.24. The third-order valence-electron chi connectivity index (χ3n) is 5.17. The molecule has 2 amide bonds. The minimum atomic E-state index is -0.441. The number of carbonyl (C=O) groups is 2. The number of nitrogens with zero attached hydrogens (tertiary/aromatic N) is 2. The number of benzene rings is 2. The molecule has 0 saturated carbocycles. The van der Waals surface area contributed by atoms with Gasteiger partial charge in [0.1, 0.15) is 12.4 Å². The second-order valence-corrected chi connectivity index (χ2v) is 7.55. The molecule has 0 radical (unpaired) electrons. The van der Waals surface area contributed by atoms with Crippen molar-refractivity contribution in [2.75, 3.05) is 33.8 Å². The number of para-hydroxylation sites is 1. The molecule has 1 heterocycles. The van der Waals surface area contributed by atoms with E-state index >= 15 is 0 Å². The number of likely N-dealkylation sites (N-methyl/N-ethyl adjacent to an activating group) is 1. The summed E-state index contributed by atoms with van der Waals surface area (Å²) in [5.41, 5.74) is 4.88. The summed E-state index contributed by atoms with van der Waals surface area (Å²) >= 11 is 0. The van der Waals surface area contributed by atoms with Crippen molar-refractivity contribution >= 4 is 12.0 Å². The van der Waals surface area contributed by atoms with E-state index < -0.39 is 6.09 Å². The van der Waals surface area contributed by atoms with Crippen LogP contribution in [0.2, 0.25) is 0 Å². The maximum absolute atomic E-state index is 12.1. The normalized spacial score (nSPS) is 14.7. The van der Waals surface area contributed by atoms with Crippen LogP contribution in [0.3, 0.4) is 0 Å². The van der Waals surface area contributed by atoms with Crippen LogP contribution in [-0.2, 0) is 16.1 Å². The molecular formula is C23H29N3O4. The summed E-state index contributed by atoms with van der Waals surface area (Å²) in [4.78, 5) is 25.4. The molecule has 30 heavy (non-hydrogen) atoms. The molecule has 0 unspecified atom stereocenters. The number of carbonyl (C=O) groups excluding carboxylic acids is 2. The summed E-state index contributed by atoms with van der Waals surface area (Å²) in [7, 11) is 3.43. The van der Waals surface area contributed by atoms with Crippen LogP contribution in [0.15, 0.2) is 54.6 Å². The van der Waals surface area contributed by atoms with Crippen molar-refractivity contribution in [1.82, 2.24) is 15.3 Å². The SMILES string of the molecule is CN(C)C(=O)COc1ccccc1C1CCN(NC(=O)OCc2ccccc2)CC1. The Morgan fingerprint density at radius 1 is 1.03 bits per heavy atom. The van der Waals surface area contributed by atoms with Crippen molar-refractivity contribution in [3.63, 3.8) is 0 Å². The van der Waals surface area contributed by atoms with E-state index in [1.807, 2.05) is 53.5 Å². The van der Waals surface area contributed by atoms with E-state index in [2.05, 4.69) is 11.5 Å². The largest absolute Gasteiger partial charge is 0.483 e. The zero-order valence-electron chi connectivity index (χ0n) is 17.5. The second kappa shape index (κ2) is 10.6. The Morgan fingerprint density at radius 2 is 1.70 bits per heavy atom. The van der Waals surface area contributed by atoms with Gasteiger partial charge in [-0.25, -0.2) is 9.80 Å². The van der Waals surface area contributed by atoms with Gasteiger partial charge in [-0.3, -0.25) is 10.2 Å². The Bertz CT molecular complexity index is 833. The first kappa shape index (κ1) is 21.6. The number of piperidine rings is 1. The molecular weight excluding hydrogens is 382 g/mol. The number of amides is 2. The first-order valence-electron chi connectivity index (χ1n) is 10.2. The molecule has 7 heteroatoms. The number of hydrogen-bond donors (Lipinski definition) is 1. The first-order chi connectivity index (χ1) is 14.5. The van der Waals surface area contributed by atoms with Crippen molar-refractivity contribution in [1.29, 1.82) is 0 Å². The Labute approximate surface area is 177 Å². The fraction of sp³-hybridized carbons (Fsp3) is 0.391. The number of rotatable bonds is 7. The van der Waals surface area contributed by atoms with E-state index in [1.54, 1.807) is 14.1 Å². The van der Waals surface area contributed by atoms with E-state index in [-0.39, 0.29) is 19.1 Å². The van der Waals surface area contributed by atoms with Crippen molar-refractivity contribution < 1.29 is 19.1 Å². The number of nitrogens with one attached hydrogen (secondary N) is 1. The second-order valence-electron chi connectivity index (χ2n) is 7.55. The molecule has 0 aromatic heterocycles. The smallest absolute Gasteiger partial charge is 0.422 e. The van der Waals surface area contributed by atoms with Crippen molar-refractivity contribution in [2.24, 2.45) is 0 Å². The lowest BCUT2D eigenvalue weighted by molar-refractivity contribution is -0.130. The zero-order chi connectivity index (χ0) is 21.3. The van der Waals surface area contributed by atoms with Gasteiger partial charge in [0, 0.05) is 27.2 Å². The van der Waals surface area contributed by atoms with Crippen LogP contribution in [0.25, 0.3) is 0 Å². The minimum absolute atomic E-state index is 0.0255. The third-order valence-corrected chi connectivity index (χ3v) is 5.17. The third kappa shape index (κ3) is 6.22. The van der Waals surface area contributed by atoms with Crippen molar-refractivity contribution in [3.8, 4) is 5.75 Å². The molecule has 3 rings (SSSR count). The van der Waals surface area contributed by atoms with E-state index in [1.165, 1.54) is 4.90 Å². The molecule has 0 aliphatic carbocycles. The van der Waals surface area contributed by atoms with Crippen LogP contribution >= 0.6 is 0 Å². The van der Waals surface area contributed by atoms with E-state index in [4.69, 9.17) is 9.47 Å². The summed E-state index contributed by atoms with van der Waals surface area (Å²) < 4.78 is 11.1. The quantitative estimate of drug-likeness (QED) is 0.758. The highest BCUT2D eigenvalue weighted by molar-refractivity contribution is 5.77. The molecule has 0 atom stereocenters. The maximum Gasteiger partial charge on any atom is 0.422 e. The lowest BCUT2D eigenvalue weighted by atomic mass is 9.89. The van der Waals surface area contributed by atoms with Crippen LogP contribution in [0, 0.1) is 0 Å². The van der Waals surface area contributed by atoms with Crippen LogP contribution in [0.5, 0.6) is 5.75 Å². The first-order valence-corrected chi connectivity index (χ1v) is 10.2. The van der Waals surface area contributed by atoms with Crippen LogP contribution < -0.4 is 10.2 Å². The monoisotopic (exact) mass is 411 g/mol. The Kier molecular flexibility index (Phi) is 7.68. The van der Waals surface area contributed by atoms with Crippen LogP contribution in [-0.4, -0.2) is 55.7 Å². The topological polar surface area (TPSA) is 71.1 Å². The van der Waals surface area contributed by atoms with E-state index in [9.17, 15) is 9.59 Å². The van der Waals surface area contributed by atoms with Crippen LogP contribution in [0.1, 0.15) is 29.9 Å². The van der Waals surface area contributed by atoms with Crippen molar-refractivity contribution in [2.45, 2.75) is 25.4 Å². The summed E-state index contributed by atoms with van der Waals surface area (Å²) in [6.07, 6.45) is 1.31. The molecule has 1 saturated heterocycles.